The molecule has 1 atom stereocenters. The van der Waals surface area contributed by atoms with Crippen molar-refractivity contribution in [3.63, 3.8) is 0 Å². The first-order valence-corrected chi connectivity index (χ1v) is 5.54. The van der Waals surface area contributed by atoms with Crippen molar-refractivity contribution in [2.75, 3.05) is 25.6 Å². The van der Waals surface area contributed by atoms with Gasteiger partial charge in [0, 0.05) is 7.11 Å². The van der Waals surface area contributed by atoms with Crippen LogP contribution in [0.4, 0.5) is 6.01 Å². The Morgan fingerprint density at radius 1 is 1.44 bits per heavy atom. The largest absolute Gasteiger partial charge is 0.407 e. The van der Waals surface area contributed by atoms with E-state index in [0.29, 0.717) is 25.1 Å². The van der Waals surface area contributed by atoms with E-state index >= 15 is 0 Å². The summed E-state index contributed by atoms with van der Waals surface area (Å²) in [7, 11) is 1.66. The van der Waals surface area contributed by atoms with Crippen LogP contribution in [0.2, 0.25) is 0 Å². The molecule has 1 unspecified atom stereocenters. The average molecular weight is 228 g/mol. The van der Waals surface area contributed by atoms with Crippen molar-refractivity contribution >= 4 is 6.01 Å². The van der Waals surface area contributed by atoms with E-state index in [-0.39, 0.29) is 6.04 Å². The van der Waals surface area contributed by atoms with Crippen LogP contribution < -0.4 is 10.6 Å². The quantitative estimate of drug-likeness (QED) is 0.647. The summed E-state index contributed by atoms with van der Waals surface area (Å²) in [4.78, 5) is 0. The molecule has 2 N–H and O–H groups in total. The van der Waals surface area contributed by atoms with Crippen LogP contribution >= 0.6 is 0 Å². The van der Waals surface area contributed by atoms with Crippen molar-refractivity contribution in [1.29, 1.82) is 0 Å². The number of methoxy groups -OCH3 is 1. The topological polar surface area (TPSA) is 72.2 Å². The molecular weight excluding hydrogens is 208 g/mol. The molecule has 16 heavy (non-hydrogen) atoms. The summed E-state index contributed by atoms with van der Waals surface area (Å²) in [6.45, 7) is 6.27. The van der Waals surface area contributed by atoms with Crippen LogP contribution in [0.25, 0.3) is 0 Å². The van der Waals surface area contributed by atoms with E-state index in [1.807, 2.05) is 6.92 Å². The zero-order chi connectivity index (χ0) is 11.8. The van der Waals surface area contributed by atoms with Gasteiger partial charge in [-0.3, -0.25) is 0 Å². The molecular formula is C10H20N4O2. The maximum Gasteiger partial charge on any atom is 0.315 e. The third kappa shape index (κ3) is 4.59. The molecule has 0 aliphatic rings. The predicted octanol–water partition coefficient (Wildman–Crippen LogP) is 1.02. The van der Waals surface area contributed by atoms with E-state index in [1.54, 1.807) is 7.11 Å². The highest BCUT2D eigenvalue weighted by Gasteiger charge is 2.08. The number of nitrogens with one attached hydrogen (secondary N) is 2. The highest BCUT2D eigenvalue weighted by atomic mass is 16.5. The first kappa shape index (κ1) is 12.9. The number of anilines is 1. The second-order valence-corrected chi connectivity index (χ2v) is 3.68. The number of ether oxygens (including phenoxy) is 1. The monoisotopic (exact) mass is 228 g/mol. The molecule has 0 bridgehead atoms. The molecule has 1 aromatic heterocycles. The van der Waals surface area contributed by atoms with Crippen molar-refractivity contribution in [3.8, 4) is 0 Å². The lowest BCUT2D eigenvalue weighted by Crippen LogP contribution is -2.20. The van der Waals surface area contributed by atoms with Gasteiger partial charge < -0.3 is 19.8 Å². The zero-order valence-corrected chi connectivity index (χ0v) is 10.1. The average Bonchev–Trinajstić information content (AvgIpc) is 2.66. The molecule has 92 valence electrons. The molecule has 0 radical (unpaired) electrons. The van der Waals surface area contributed by atoms with Gasteiger partial charge in [-0.25, -0.2) is 0 Å². The van der Waals surface area contributed by atoms with Crippen molar-refractivity contribution in [2.24, 2.45) is 0 Å². The number of nitrogens with zero attached hydrogens (tertiary/aromatic N) is 2. The van der Waals surface area contributed by atoms with E-state index in [1.165, 1.54) is 0 Å². The Hall–Kier alpha value is -1.14. The molecule has 0 aliphatic carbocycles. The molecule has 0 amide bonds. The molecule has 0 aliphatic heterocycles. The zero-order valence-electron chi connectivity index (χ0n) is 10.1. The van der Waals surface area contributed by atoms with Crippen molar-refractivity contribution < 1.29 is 9.15 Å². The third-order valence-electron chi connectivity index (χ3n) is 1.96. The first-order valence-electron chi connectivity index (χ1n) is 5.54. The number of rotatable bonds is 8. The van der Waals surface area contributed by atoms with Gasteiger partial charge in [0.25, 0.3) is 0 Å². The summed E-state index contributed by atoms with van der Waals surface area (Å²) >= 11 is 0. The van der Waals surface area contributed by atoms with Gasteiger partial charge in [-0.2, -0.15) is 0 Å². The minimum Gasteiger partial charge on any atom is -0.407 e. The van der Waals surface area contributed by atoms with Crippen LogP contribution in [0.15, 0.2) is 4.42 Å². The molecule has 6 nitrogen and oxygen atoms in total. The van der Waals surface area contributed by atoms with Gasteiger partial charge in [0.05, 0.1) is 19.2 Å². The Labute approximate surface area is 95.8 Å². The molecule has 1 aromatic rings. The van der Waals surface area contributed by atoms with Crippen LogP contribution in [-0.4, -0.2) is 36.5 Å². The van der Waals surface area contributed by atoms with Crippen LogP contribution in [0.5, 0.6) is 0 Å². The van der Waals surface area contributed by atoms with Gasteiger partial charge in [0.1, 0.15) is 0 Å². The molecule has 0 saturated carbocycles. The maximum absolute atomic E-state index is 5.40. The Morgan fingerprint density at radius 2 is 2.25 bits per heavy atom. The second-order valence-electron chi connectivity index (χ2n) is 3.68. The highest BCUT2D eigenvalue weighted by molar-refractivity contribution is 5.18. The molecule has 0 spiro atoms. The second kappa shape index (κ2) is 7.19. The van der Waals surface area contributed by atoms with Crippen LogP contribution in [0, 0.1) is 0 Å². The normalized spacial score (nSPS) is 12.7. The summed E-state index contributed by atoms with van der Waals surface area (Å²) in [6, 6.07) is 0.597. The summed E-state index contributed by atoms with van der Waals surface area (Å²) in [5.41, 5.74) is 0. The highest BCUT2D eigenvalue weighted by Crippen LogP contribution is 2.06. The van der Waals surface area contributed by atoms with Crippen molar-refractivity contribution in [1.82, 2.24) is 15.5 Å². The van der Waals surface area contributed by atoms with Crippen LogP contribution in [0.1, 0.15) is 26.2 Å². The van der Waals surface area contributed by atoms with E-state index in [2.05, 4.69) is 27.8 Å². The molecule has 6 heteroatoms. The minimum atomic E-state index is 0.155. The third-order valence-corrected chi connectivity index (χ3v) is 1.96. The van der Waals surface area contributed by atoms with Crippen LogP contribution in [0.3, 0.4) is 0 Å². The first-order chi connectivity index (χ1) is 7.76. The summed E-state index contributed by atoms with van der Waals surface area (Å²) in [5, 5.41) is 14.1. The lowest BCUT2D eigenvalue weighted by molar-refractivity contribution is 0.189. The number of aromatic nitrogens is 2. The molecule has 0 fully saturated rings. The lowest BCUT2D eigenvalue weighted by atomic mass is 10.4. The Kier molecular flexibility index (Phi) is 5.81. The van der Waals surface area contributed by atoms with Gasteiger partial charge in [-0.05, 0) is 19.9 Å². The molecule has 0 aromatic carbocycles. The van der Waals surface area contributed by atoms with E-state index < -0.39 is 0 Å². The van der Waals surface area contributed by atoms with Crippen molar-refractivity contribution in [3.05, 3.63) is 5.89 Å². The SMILES string of the molecule is CCCNCc1nnc(NC(C)COC)o1. The fraction of sp³-hybridized carbons (Fsp3) is 0.800. The van der Waals surface area contributed by atoms with E-state index in [0.717, 1.165) is 13.0 Å². The number of hydrogen-bond donors (Lipinski definition) is 2. The smallest absolute Gasteiger partial charge is 0.315 e. The summed E-state index contributed by atoms with van der Waals surface area (Å²) in [6.07, 6.45) is 1.09. The predicted molar refractivity (Wildman–Crippen MR) is 61.3 cm³/mol. The molecule has 1 heterocycles. The van der Waals surface area contributed by atoms with Gasteiger partial charge in [0.15, 0.2) is 0 Å². The van der Waals surface area contributed by atoms with E-state index in [4.69, 9.17) is 9.15 Å². The fourth-order valence-corrected chi connectivity index (χ4v) is 1.26. The lowest BCUT2D eigenvalue weighted by Gasteiger charge is -2.09. The minimum absolute atomic E-state index is 0.155. The Bertz CT molecular complexity index is 290. The van der Waals surface area contributed by atoms with Gasteiger partial charge >= 0.3 is 6.01 Å². The molecule has 1 rings (SSSR count). The summed E-state index contributed by atoms with van der Waals surface area (Å²) in [5.74, 6) is 0.598. The standard InChI is InChI=1S/C10H20N4O2/c1-4-5-11-6-9-13-14-10(16-9)12-8(2)7-15-3/h8,11H,4-7H2,1-3H3,(H,12,14). The van der Waals surface area contributed by atoms with Crippen LogP contribution in [-0.2, 0) is 11.3 Å². The molecule has 0 saturated heterocycles. The van der Waals surface area contributed by atoms with Gasteiger partial charge in [-0.15, -0.1) is 5.10 Å². The Morgan fingerprint density at radius 3 is 2.94 bits per heavy atom. The van der Waals surface area contributed by atoms with Gasteiger partial charge in [-0.1, -0.05) is 12.0 Å². The van der Waals surface area contributed by atoms with Gasteiger partial charge in [0.2, 0.25) is 5.89 Å². The summed E-state index contributed by atoms with van der Waals surface area (Å²) < 4.78 is 10.4. The number of hydrogen-bond acceptors (Lipinski definition) is 6. The maximum atomic E-state index is 5.40. The van der Waals surface area contributed by atoms with E-state index in [9.17, 15) is 0 Å². The fourth-order valence-electron chi connectivity index (χ4n) is 1.26. The Balaban J connectivity index is 2.33. The van der Waals surface area contributed by atoms with Crippen molar-refractivity contribution in [2.45, 2.75) is 32.9 Å².